The van der Waals surface area contributed by atoms with Crippen LogP contribution in [0.2, 0.25) is 0 Å². The maximum atomic E-state index is 6.11. The van der Waals surface area contributed by atoms with Crippen LogP contribution in [0.25, 0.3) is 0 Å². The lowest BCUT2D eigenvalue weighted by Gasteiger charge is -2.40. The average Bonchev–Trinajstić information content (AvgIpc) is 2.78. The normalized spacial score (nSPS) is 30.7. The molecule has 2 N–H and O–H groups in total. The number of rotatable bonds is 3. The summed E-state index contributed by atoms with van der Waals surface area (Å²) in [6.45, 7) is 8.83. The number of piperidine rings is 1. The molecule has 1 aliphatic heterocycles. The molecule has 3 unspecified atom stereocenters. The van der Waals surface area contributed by atoms with Gasteiger partial charge in [-0.25, -0.2) is 4.98 Å². The first-order valence-corrected chi connectivity index (χ1v) is 7.36. The first kappa shape index (κ1) is 13.0. The Kier molecular flexibility index (Phi) is 4.17. The Morgan fingerprint density at radius 3 is 2.94 bits per heavy atom. The Morgan fingerprint density at radius 1 is 1.53 bits per heavy atom. The Morgan fingerprint density at radius 2 is 2.29 bits per heavy atom. The van der Waals surface area contributed by atoms with Crippen LogP contribution in [0.4, 0.5) is 0 Å². The van der Waals surface area contributed by atoms with Gasteiger partial charge in [-0.15, -0.1) is 11.3 Å². The molecule has 1 aliphatic rings. The SMILES string of the molecule is CCc1cnc(CN2CCC(N)C(C)C2C)s1. The quantitative estimate of drug-likeness (QED) is 0.898. The predicted octanol–water partition coefficient (Wildman–Crippen LogP) is 2.26. The molecule has 1 aromatic rings. The van der Waals surface area contributed by atoms with Gasteiger partial charge in [0.1, 0.15) is 5.01 Å². The van der Waals surface area contributed by atoms with Gasteiger partial charge >= 0.3 is 0 Å². The second-order valence-corrected chi connectivity index (χ2v) is 6.30. The van der Waals surface area contributed by atoms with Crippen LogP contribution < -0.4 is 5.73 Å². The van der Waals surface area contributed by atoms with Crippen molar-refractivity contribution in [3.63, 3.8) is 0 Å². The highest BCUT2D eigenvalue weighted by Crippen LogP contribution is 2.25. The third-order valence-corrected chi connectivity index (χ3v) is 5.18. The van der Waals surface area contributed by atoms with Crippen molar-refractivity contribution in [2.45, 2.75) is 52.2 Å². The first-order chi connectivity index (χ1) is 8.11. The molecule has 3 atom stereocenters. The van der Waals surface area contributed by atoms with Gasteiger partial charge in [-0.1, -0.05) is 13.8 Å². The summed E-state index contributed by atoms with van der Waals surface area (Å²) < 4.78 is 0. The van der Waals surface area contributed by atoms with E-state index in [1.165, 1.54) is 9.88 Å². The zero-order valence-electron chi connectivity index (χ0n) is 11.0. The van der Waals surface area contributed by atoms with E-state index in [1.807, 2.05) is 17.5 Å². The summed E-state index contributed by atoms with van der Waals surface area (Å²) >= 11 is 1.85. The fourth-order valence-electron chi connectivity index (χ4n) is 2.45. The van der Waals surface area contributed by atoms with Gasteiger partial charge in [0.05, 0.1) is 6.54 Å². The Bertz CT molecular complexity index is 363. The van der Waals surface area contributed by atoms with E-state index in [4.69, 9.17) is 5.73 Å². The predicted molar refractivity (Wildman–Crippen MR) is 73.1 cm³/mol. The smallest absolute Gasteiger partial charge is 0.107 e. The van der Waals surface area contributed by atoms with Crippen molar-refractivity contribution in [3.05, 3.63) is 16.1 Å². The van der Waals surface area contributed by atoms with Crippen molar-refractivity contribution < 1.29 is 0 Å². The van der Waals surface area contributed by atoms with Crippen molar-refractivity contribution in [1.29, 1.82) is 0 Å². The summed E-state index contributed by atoms with van der Waals surface area (Å²) in [5.41, 5.74) is 6.11. The monoisotopic (exact) mass is 253 g/mol. The largest absolute Gasteiger partial charge is 0.327 e. The zero-order valence-corrected chi connectivity index (χ0v) is 11.8. The van der Waals surface area contributed by atoms with Gasteiger partial charge in [0.15, 0.2) is 0 Å². The van der Waals surface area contributed by atoms with Gasteiger partial charge in [0.2, 0.25) is 0 Å². The highest BCUT2D eigenvalue weighted by Gasteiger charge is 2.30. The highest BCUT2D eigenvalue weighted by atomic mass is 32.1. The van der Waals surface area contributed by atoms with Gasteiger partial charge in [0.25, 0.3) is 0 Å². The van der Waals surface area contributed by atoms with Gasteiger partial charge in [0, 0.05) is 29.7 Å². The number of likely N-dealkylation sites (tertiary alicyclic amines) is 1. The number of nitrogens with two attached hydrogens (primary N) is 1. The Hall–Kier alpha value is -0.450. The lowest BCUT2D eigenvalue weighted by molar-refractivity contribution is 0.0909. The summed E-state index contributed by atoms with van der Waals surface area (Å²) in [6, 6.07) is 0.927. The first-order valence-electron chi connectivity index (χ1n) is 6.55. The Balaban J connectivity index is 1.99. The summed E-state index contributed by atoms with van der Waals surface area (Å²) in [5, 5.41) is 1.25. The molecule has 1 fully saturated rings. The van der Waals surface area contributed by atoms with Crippen molar-refractivity contribution in [3.8, 4) is 0 Å². The molecule has 0 saturated carbocycles. The lowest BCUT2D eigenvalue weighted by atomic mass is 9.88. The van der Waals surface area contributed by atoms with E-state index < -0.39 is 0 Å². The summed E-state index contributed by atoms with van der Waals surface area (Å²) in [5.74, 6) is 0.578. The molecular weight excluding hydrogens is 230 g/mol. The maximum absolute atomic E-state index is 6.11. The van der Waals surface area contributed by atoms with Crippen LogP contribution in [0, 0.1) is 5.92 Å². The van der Waals surface area contributed by atoms with Crippen molar-refractivity contribution in [2.75, 3.05) is 6.54 Å². The lowest BCUT2D eigenvalue weighted by Crippen LogP contribution is -2.51. The molecule has 1 saturated heterocycles. The van der Waals surface area contributed by atoms with Gasteiger partial charge in [-0.05, 0) is 25.7 Å². The minimum Gasteiger partial charge on any atom is -0.327 e. The molecule has 96 valence electrons. The number of hydrogen-bond donors (Lipinski definition) is 1. The molecule has 0 spiro atoms. The molecular formula is C13H23N3S. The molecule has 0 aromatic carbocycles. The summed E-state index contributed by atoms with van der Waals surface area (Å²) in [6.07, 6.45) is 4.22. The average molecular weight is 253 g/mol. The van der Waals surface area contributed by atoms with E-state index in [0.717, 1.165) is 25.9 Å². The molecule has 17 heavy (non-hydrogen) atoms. The molecule has 3 nitrogen and oxygen atoms in total. The van der Waals surface area contributed by atoms with Crippen LogP contribution in [-0.4, -0.2) is 28.5 Å². The van der Waals surface area contributed by atoms with Gasteiger partial charge in [-0.3, -0.25) is 4.90 Å². The van der Waals surface area contributed by atoms with E-state index in [2.05, 4.69) is 30.7 Å². The number of aromatic nitrogens is 1. The summed E-state index contributed by atoms with van der Waals surface area (Å²) in [4.78, 5) is 8.41. The number of aryl methyl sites for hydroxylation is 1. The zero-order chi connectivity index (χ0) is 12.4. The molecule has 2 heterocycles. The maximum Gasteiger partial charge on any atom is 0.107 e. The van der Waals surface area contributed by atoms with Crippen LogP contribution in [0.15, 0.2) is 6.20 Å². The number of hydrogen-bond acceptors (Lipinski definition) is 4. The molecule has 2 rings (SSSR count). The molecule has 0 aliphatic carbocycles. The van der Waals surface area contributed by atoms with Gasteiger partial charge < -0.3 is 5.73 Å². The van der Waals surface area contributed by atoms with Crippen molar-refractivity contribution in [1.82, 2.24) is 9.88 Å². The molecule has 0 amide bonds. The van der Waals surface area contributed by atoms with E-state index in [9.17, 15) is 0 Å². The second kappa shape index (κ2) is 5.46. The van der Waals surface area contributed by atoms with E-state index in [-0.39, 0.29) is 0 Å². The van der Waals surface area contributed by atoms with Crippen molar-refractivity contribution >= 4 is 11.3 Å². The molecule has 0 bridgehead atoms. The van der Waals surface area contributed by atoms with E-state index in [0.29, 0.717) is 18.0 Å². The number of nitrogens with zero attached hydrogens (tertiary/aromatic N) is 2. The Labute approximate surface area is 108 Å². The van der Waals surface area contributed by atoms with Crippen LogP contribution in [-0.2, 0) is 13.0 Å². The third kappa shape index (κ3) is 2.87. The standard InChI is InChI=1S/C13H23N3S/c1-4-11-7-15-13(17-11)8-16-6-5-12(14)9(2)10(16)3/h7,9-10,12H,4-6,8,14H2,1-3H3. The second-order valence-electron chi connectivity index (χ2n) is 5.10. The van der Waals surface area contributed by atoms with Crippen LogP contribution in [0.1, 0.15) is 37.1 Å². The topological polar surface area (TPSA) is 42.2 Å². The van der Waals surface area contributed by atoms with Gasteiger partial charge in [-0.2, -0.15) is 0 Å². The molecule has 4 heteroatoms. The fraction of sp³-hybridized carbons (Fsp3) is 0.769. The third-order valence-electron chi connectivity index (χ3n) is 4.05. The highest BCUT2D eigenvalue weighted by molar-refractivity contribution is 7.11. The molecule has 1 aromatic heterocycles. The minimum atomic E-state index is 0.365. The minimum absolute atomic E-state index is 0.365. The van der Waals surface area contributed by atoms with Crippen LogP contribution in [0.3, 0.4) is 0 Å². The summed E-state index contributed by atoms with van der Waals surface area (Å²) in [7, 11) is 0. The van der Waals surface area contributed by atoms with E-state index in [1.54, 1.807) is 0 Å². The van der Waals surface area contributed by atoms with E-state index >= 15 is 0 Å². The fourth-order valence-corrected chi connectivity index (χ4v) is 3.34. The molecule has 0 radical (unpaired) electrons. The van der Waals surface area contributed by atoms with Crippen LogP contribution in [0.5, 0.6) is 0 Å². The van der Waals surface area contributed by atoms with Crippen LogP contribution >= 0.6 is 11.3 Å². The van der Waals surface area contributed by atoms with Crippen molar-refractivity contribution in [2.24, 2.45) is 11.7 Å². The number of thiazole rings is 1.